The lowest BCUT2D eigenvalue weighted by Gasteiger charge is -1.97. The molecule has 14 heavy (non-hydrogen) atoms. The van der Waals surface area contributed by atoms with Crippen LogP contribution in [0, 0.1) is 0 Å². The SMILES string of the molecule is O=CSc1coc2ccccc2c1=O. The Morgan fingerprint density at radius 3 is 2.86 bits per heavy atom. The topological polar surface area (TPSA) is 47.3 Å². The number of thioether (sulfide) groups is 1. The molecule has 0 aliphatic carbocycles. The van der Waals surface area contributed by atoms with Gasteiger partial charge in [-0.2, -0.15) is 0 Å². The maximum absolute atomic E-state index is 11.7. The lowest BCUT2D eigenvalue weighted by Crippen LogP contribution is -2.03. The fraction of sp³-hybridized carbons (Fsp3) is 0. The van der Waals surface area contributed by atoms with Gasteiger partial charge in [-0.15, -0.1) is 0 Å². The molecular weight excluding hydrogens is 200 g/mol. The summed E-state index contributed by atoms with van der Waals surface area (Å²) in [6.45, 7) is 0. The first kappa shape index (κ1) is 9.02. The molecule has 3 nitrogen and oxygen atoms in total. The number of carbonyl (C=O) groups excluding carboxylic acids is 1. The van der Waals surface area contributed by atoms with Crippen molar-refractivity contribution in [2.24, 2.45) is 0 Å². The van der Waals surface area contributed by atoms with Gasteiger partial charge in [-0.1, -0.05) is 12.1 Å². The van der Waals surface area contributed by atoms with Crippen molar-refractivity contribution in [3.05, 3.63) is 40.8 Å². The molecule has 1 aromatic heterocycles. The van der Waals surface area contributed by atoms with Gasteiger partial charge in [0.25, 0.3) is 0 Å². The molecule has 70 valence electrons. The standard InChI is InChI=1S/C10H6O3S/c11-6-14-9-5-13-8-4-2-1-3-7(8)10(9)12/h1-6H. The predicted molar refractivity (Wildman–Crippen MR) is 55.1 cm³/mol. The van der Waals surface area contributed by atoms with Crippen LogP contribution in [0.15, 0.2) is 44.6 Å². The summed E-state index contributed by atoms with van der Waals surface area (Å²) in [6, 6.07) is 6.94. The van der Waals surface area contributed by atoms with Crippen molar-refractivity contribution < 1.29 is 9.21 Å². The minimum Gasteiger partial charge on any atom is -0.463 e. The second-order valence-electron chi connectivity index (χ2n) is 2.64. The number of fused-ring (bicyclic) bond motifs is 1. The van der Waals surface area contributed by atoms with E-state index < -0.39 is 0 Å². The Hall–Kier alpha value is -1.55. The highest BCUT2D eigenvalue weighted by Crippen LogP contribution is 2.16. The largest absolute Gasteiger partial charge is 0.463 e. The Morgan fingerprint density at radius 2 is 2.07 bits per heavy atom. The molecule has 2 aromatic rings. The molecule has 1 heterocycles. The van der Waals surface area contributed by atoms with Crippen molar-refractivity contribution in [1.29, 1.82) is 0 Å². The van der Waals surface area contributed by atoms with Crippen molar-refractivity contribution in [3.8, 4) is 0 Å². The summed E-state index contributed by atoms with van der Waals surface area (Å²) in [5.74, 6) is 0. The van der Waals surface area contributed by atoms with Gasteiger partial charge < -0.3 is 4.42 Å². The molecule has 0 aliphatic rings. The average molecular weight is 206 g/mol. The number of rotatable bonds is 2. The molecule has 0 atom stereocenters. The molecule has 0 aliphatic heterocycles. The highest BCUT2D eigenvalue weighted by atomic mass is 32.2. The first-order chi connectivity index (χ1) is 6.83. The van der Waals surface area contributed by atoms with Crippen LogP contribution in [-0.2, 0) is 4.79 Å². The van der Waals surface area contributed by atoms with Gasteiger partial charge >= 0.3 is 0 Å². The molecule has 0 fully saturated rings. The van der Waals surface area contributed by atoms with E-state index in [0.29, 0.717) is 21.5 Å². The minimum atomic E-state index is -0.163. The summed E-state index contributed by atoms with van der Waals surface area (Å²) in [5, 5.41) is 0.499. The van der Waals surface area contributed by atoms with Crippen LogP contribution in [0.2, 0.25) is 0 Å². The van der Waals surface area contributed by atoms with Crippen molar-refractivity contribution in [1.82, 2.24) is 0 Å². The zero-order valence-corrected chi connectivity index (χ0v) is 7.91. The van der Waals surface area contributed by atoms with Gasteiger partial charge in [0.2, 0.25) is 5.43 Å². The van der Waals surface area contributed by atoms with Crippen molar-refractivity contribution >= 4 is 28.3 Å². The van der Waals surface area contributed by atoms with Crippen LogP contribution in [-0.4, -0.2) is 5.62 Å². The minimum absolute atomic E-state index is 0.163. The number of carbonyl (C=O) groups is 1. The van der Waals surface area contributed by atoms with Gasteiger partial charge in [0.15, 0.2) is 5.62 Å². The summed E-state index contributed by atoms with van der Waals surface area (Å²) in [6.07, 6.45) is 1.31. The third kappa shape index (κ3) is 1.44. The molecule has 4 heteroatoms. The number of hydrogen-bond acceptors (Lipinski definition) is 4. The third-order valence-corrected chi connectivity index (χ3v) is 2.46. The summed E-state index contributed by atoms with van der Waals surface area (Å²) in [4.78, 5) is 22.2. The molecule has 0 saturated heterocycles. The normalized spacial score (nSPS) is 10.3. The number of para-hydroxylation sites is 1. The smallest absolute Gasteiger partial charge is 0.206 e. The van der Waals surface area contributed by atoms with Crippen LogP contribution in [0.25, 0.3) is 11.0 Å². The van der Waals surface area contributed by atoms with E-state index in [-0.39, 0.29) is 5.43 Å². The Balaban J connectivity index is 2.75. The molecule has 1 aromatic carbocycles. The van der Waals surface area contributed by atoms with E-state index >= 15 is 0 Å². The molecule has 2 rings (SSSR count). The number of benzene rings is 1. The molecule has 0 N–H and O–H groups in total. The van der Waals surface area contributed by atoms with Gasteiger partial charge in [-0.25, -0.2) is 0 Å². The van der Waals surface area contributed by atoms with E-state index in [1.807, 2.05) is 0 Å². The molecule has 0 spiro atoms. The molecule has 0 saturated carbocycles. The highest BCUT2D eigenvalue weighted by molar-refractivity contribution is 8.11. The van der Waals surface area contributed by atoms with Gasteiger partial charge in [-0.3, -0.25) is 9.59 Å². The van der Waals surface area contributed by atoms with E-state index in [1.54, 1.807) is 24.3 Å². The monoisotopic (exact) mass is 206 g/mol. The van der Waals surface area contributed by atoms with Crippen LogP contribution >= 0.6 is 11.8 Å². The van der Waals surface area contributed by atoms with Crippen molar-refractivity contribution in [3.63, 3.8) is 0 Å². The van der Waals surface area contributed by atoms with E-state index in [1.165, 1.54) is 6.26 Å². The van der Waals surface area contributed by atoms with Crippen LogP contribution in [0.5, 0.6) is 0 Å². The average Bonchev–Trinajstić information content (AvgIpc) is 2.23. The predicted octanol–water partition coefficient (Wildman–Crippen LogP) is 2.08. The summed E-state index contributed by atoms with van der Waals surface area (Å²) in [5.41, 5.74) is 0.984. The Bertz CT molecular complexity index is 530. The van der Waals surface area contributed by atoms with Gasteiger partial charge in [-0.05, 0) is 23.9 Å². The van der Waals surface area contributed by atoms with Crippen LogP contribution < -0.4 is 5.43 Å². The summed E-state index contributed by atoms with van der Waals surface area (Å²) < 4.78 is 5.20. The van der Waals surface area contributed by atoms with Crippen LogP contribution in [0.3, 0.4) is 0 Å². The first-order valence-electron chi connectivity index (χ1n) is 3.94. The molecule has 0 amide bonds. The number of hydrogen-bond donors (Lipinski definition) is 0. The maximum atomic E-state index is 11.7. The van der Waals surface area contributed by atoms with E-state index in [0.717, 1.165) is 11.8 Å². The molecule has 0 unspecified atom stereocenters. The highest BCUT2D eigenvalue weighted by Gasteiger charge is 2.05. The maximum Gasteiger partial charge on any atom is 0.206 e. The van der Waals surface area contributed by atoms with Crippen molar-refractivity contribution in [2.45, 2.75) is 4.90 Å². The lowest BCUT2D eigenvalue weighted by atomic mass is 10.2. The Labute approximate surface area is 83.7 Å². The van der Waals surface area contributed by atoms with E-state index in [9.17, 15) is 9.59 Å². The summed E-state index contributed by atoms with van der Waals surface area (Å²) in [7, 11) is 0. The fourth-order valence-corrected chi connectivity index (χ4v) is 1.62. The van der Waals surface area contributed by atoms with Gasteiger partial charge in [0.1, 0.15) is 11.8 Å². The van der Waals surface area contributed by atoms with Crippen LogP contribution in [0.4, 0.5) is 0 Å². The molecule has 0 radical (unpaired) electrons. The second-order valence-corrected chi connectivity index (χ2v) is 3.51. The molecular formula is C10H6O3S. The Kier molecular flexibility index (Phi) is 2.37. The fourth-order valence-electron chi connectivity index (χ4n) is 1.19. The molecule has 0 bridgehead atoms. The zero-order valence-electron chi connectivity index (χ0n) is 7.10. The zero-order chi connectivity index (χ0) is 9.97. The van der Waals surface area contributed by atoms with Crippen LogP contribution in [0.1, 0.15) is 0 Å². The lowest BCUT2D eigenvalue weighted by molar-refractivity contribution is 0.569. The Morgan fingerprint density at radius 1 is 1.29 bits per heavy atom. The summed E-state index contributed by atoms with van der Waals surface area (Å²) >= 11 is 0.830. The van der Waals surface area contributed by atoms with E-state index in [2.05, 4.69) is 0 Å². The van der Waals surface area contributed by atoms with Gasteiger partial charge in [0, 0.05) is 0 Å². The third-order valence-electron chi connectivity index (χ3n) is 1.82. The first-order valence-corrected chi connectivity index (χ1v) is 4.82. The van der Waals surface area contributed by atoms with E-state index in [4.69, 9.17) is 4.42 Å². The van der Waals surface area contributed by atoms with Crippen molar-refractivity contribution in [2.75, 3.05) is 0 Å². The second kappa shape index (κ2) is 3.67. The quantitative estimate of drug-likeness (QED) is 0.557. The van der Waals surface area contributed by atoms with Gasteiger partial charge in [0.05, 0.1) is 10.3 Å².